The van der Waals surface area contributed by atoms with E-state index in [1.165, 1.54) is 13.2 Å². The highest BCUT2D eigenvalue weighted by atomic mass is 16.6. The highest BCUT2D eigenvalue weighted by Crippen LogP contribution is 2.47. The lowest BCUT2D eigenvalue weighted by atomic mass is 10.0. The predicted molar refractivity (Wildman–Crippen MR) is 74.7 cm³/mol. The summed E-state index contributed by atoms with van der Waals surface area (Å²) in [4.78, 5) is 10.4. The number of hydrogen-bond acceptors (Lipinski definition) is 5. The molecule has 1 aliphatic carbocycles. The molecule has 0 aromatic heterocycles. The van der Waals surface area contributed by atoms with E-state index in [1.807, 2.05) is 0 Å². The van der Waals surface area contributed by atoms with Crippen LogP contribution in [0.1, 0.15) is 24.8 Å². The second-order valence-electron chi connectivity index (χ2n) is 5.37. The molecule has 0 atom stereocenters. The first-order valence-corrected chi connectivity index (χ1v) is 6.72. The van der Waals surface area contributed by atoms with Gasteiger partial charge in [-0.15, -0.1) is 0 Å². The number of aliphatic hydroxyl groups is 1. The van der Waals surface area contributed by atoms with Crippen LogP contribution in [0.15, 0.2) is 18.2 Å². The van der Waals surface area contributed by atoms with E-state index in [0.717, 1.165) is 31.4 Å². The zero-order valence-electron chi connectivity index (χ0n) is 11.6. The summed E-state index contributed by atoms with van der Waals surface area (Å²) in [5.74, 6) is 0.493. The van der Waals surface area contributed by atoms with Crippen molar-refractivity contribution in [2.45, 2.75) is 25.8 Å². The first kappa shape index (κ1) is 14.7. The van der Waals surface area contributed by atoms with Crippen LogP contribution in [-0.4, -0.2) is 30.3 Å². The molecule has 0 radical (unpaired) electrons. The topological polar surface area (TPSA) is 84.6 Å². The Morgan fingerprint density at radius 2 is 2.20 bits per heavy atom. The Balaban J connectivity index is 1.95. The predicted octanol–water partition coefficient (Wildman–Crippen LogP) is 1.86. The molecule has 0 bridgehead atoms. The van der Waals surface area contributed by atoms with Crippen molar-refractivity contribution in [2.75, 3.05) is 20.3 Å². The maximum absolute atomic E-state index is 10.9. The van der Waals surface area contributed by atoms with Gasteiger partial charge >= 0.3 is 0 Å². The van der Waals surface area contributed by atoms with Crippen molar-refractivity contribution in [3.63, 3.8) is 0 Å². The van der Waals surface area contributed by atoms with Crippen LogP contribution in [0.25, 0.3) is 0 Å². The zero-order chi connectivity index (χ0) is 14.6. The molecule has 1 aromatic rings. The van der Waals surface area contributed by atoms with E-state index < -0.39 is 4.92 Å². The van der Waals surface area contributed by atoms with Gasteiger partial charge in [-0.2, -0.15) is 0 Å². The van der Waals surface area contributed by atoms with Crippen molar-refractivity contribution >= 4 is 5.69 Å². The Morgan fingerprint density at radius 1 is 1.45 bits per heavy atom. The summed E-state index contributed by atoms with van der Waals surface area (Å²) < 4.78 is 5.08. The Kier molecular flexibility index (Phi) is 4.57. The number of aliphatic hydroxyl groups excluding tert-OH is 1. The maximum Gasteiger partial charge on any atom is 0.273 e. The van der Waals surface area contributed by atoms with Gasteiger partial charge in [-0.3, -0.25) is 10.1 Å². The highest BCUT2D eigenvalue weighted by Gasteiger charge is 2.41. The van der Waals surface area contributed by atoms with Gasteiger partial charge in [0.25, 0.3) is 5.69 Å². The van der Waals surface area contributed by atoms with E-state index in [0.29, 0.717) is 12.3 Å². The van der Waals surface area contributed by atoms with Gasteiger partial charge in [0.05, 0.1) is 18.1 Å². The Labute approximate surface area is 117 Å². The number of nitro benzene ring substituents is 1. The van der Waals surface area contributed by atoms with Crippen LogP contribution in [-0.2, 0) is 6.54 Å². The summed E-state index contributed by atoms with van der Waals surface area (Å²) in [7, 11) is 1.50. The molecule has 1 aromatic carbocycles. The van der Waals surface area contributed by atoms with E-state index >= 15 is 0 Å². The van der Waals surface area contributed by atoms with Crippen molar-refractivity contribution < 1.29 is 14.8 Å². The highest BCUT2D eigenvalue weighted by molar-refractivity contribution is 5.42. The lowest BCUT2D eigenvalue weighted by molar-refractivity contribution is -0.385. The minimum atomic E-state index is -0.417. The summed E-state index contributed by atoms with van der Waals surface area (Å²) in [5.41, 5.74) is 1.10. The second-order valence-corrected chi connectivity index (χ2v) is 5.37. The summed E-state index contributed by atoms with van der Waals surface area (Å²) in [6.07, 6.45) is 3.09. The van der Waals surface area contributed by atoms with Crippen LogP contribution in [0.3, 0.4) is 0 Å². The molecule has 1 fully saturated rings. The molecule has 2 N–H and O–H groups in total. The third-order valence-corrected chi connectivity index (χ3v) is 3.83. The minimum absolute atomic E-state index is 0.0395. The molecule has 110 valence electrons. The van der Waals surface area contributed by atoms with Gasteiger partial charge in [0.15, 0.2) is 0 Å². The van der Waals surface area contributed by atoms with Crippen LogP contribution in [0, 0.1) is 15.5 Å². The first-order chi connectivity index (χ1) is 9.58. The molecule has 6 heteroatoms. The number of non-ortho nitro benzene ring substituents is 1. The third-order valence-electron chi connectivity index (χ3n) is 3.83. The Morgan fingerprint density at radius 3 is 2.75 bits per heavy atom. The van der Waals surface area contributed by atoms with E-state index in [9.17, 15) is 10.1 Å². The maximum atomic E-state index is 10.9. The average Bonchev–Trinajstić information content (AvgIpc) is 3.18. The smallest absolute Gasteiger partial charge is 0.273 e. The van der Waals surface area contributed by atoms with Crippen molar-refractivity contribution in [1.82, 2.24) is 5.32 Å². The number of rotatable bonds is 8. The number of nitro groups is 1. The van der Waals surface area contributed by atoms with Gasteiger partial charge in [0, 0.05) is 25.8 Å². The fourth-order valence-electron chi connectivity index (χ4n) is 2.37. The van der Waals surface area contributed by atoms with Gasteiger partial charge < -0.3 is 15.2 Å². The van der Waals surface area contributed by atoms with Gasteiger partial charge in [-0.1, -0.05) is 0 Å². The largest absolute Gasteiger partial charge is 0.496 e. The fraction of sp³-hybridized carbons (Fsp3) is 0.571. The molecular weight excluding hydrogens is 260 g/mol. The molecule has 1 aliphatic rings. The standard InChI is InChI=1S/C14H20N2O4/c1-20-13-7-11(6-12(8-13)16(18)19)9-15-10-14(2-3-14)4-5-17/h6-8,15,17H,2-5,9-10H2,1H3. The molecule has 0 amide bonds. The first-order valence-electron chi connectivity index (χ1n) is 6.72. The molecule has 0 aliphatic heterocycles. The summed E-state index contributed by atoms with van der Waals surface area (Å²) in [6, 6.07) is 4.77. The Hall–Kier alpha value is -1.66. The number of nitrogens with zero attached hydrogens (tertiary/aromatic N) is 1. The van der Waals surface area contributed by atoms with E-state index in [-0.39, 0.29) is 17.7 Å². The number of methoxy groups -OCH3 is 1. The van der Waals surface area contributed by atoms with Crippen molar-refractivity contribution in [3.05, 3.63) is 33.9 Å². The normalized spacial score (nSPS) is 15.9. The number of nitrogens with one attached hydrogen (secondary N) is 1. The van der Waals surface area contributed by atoms with Gasteiger partial charge in [-0.05, 0) is 36.3 Å². The van der Waals surface area contributed by atoms with E-state index in [1.54, 1.807) is 12.1 Å². The number of ether oxygens (including phenoxy) is 1. The lowest BCUT2D eigenvalue weighted by Gasteiger charge is -2.14. The van der Waals surface area contributed by atoms with Gasteiger partial charge in [0.2, 0.25) is 0 Å². The van der Waals surface area contributed by atoms with Crippen molar-refractivity contribution in [3.8, 4) is 5.75 Å². The molecular formula is C14H20N2O4. The van der Waals surface area contributed by atoms with Crippen molar-refractivity contribution in [1.29, 1.82) is 0 Å². The summed E-state index contributed by atoms with van der Waals surface area (Å²) in [5, 5.41) is 23.2. The average molecular weight is 280 g/mol. The Bertz CT molecular complexity index is 486. The van der Waals surface area contributed by atoms with E-state index in [2.05, 4.69) is 5.32 Å². The minimum Gasteiger partial charge on any atom is -0.496 e. The van der Waals surface area contributed by atoms with Crippen LogP contribution in [0.2, 0.25) is 0 Å². The van der Waals surface area contributed by atoms with Gasteiger partial charge in [0.1, 0.15) is 5.75 Å². The van der Waals surface area contributed by atoms with Crippen LogP contribution >= 0.6 is 0 Å². The van der Waals surface area contributed by atoms with Gasteiger partial charge in [-0.25, -0.2) is 0 Å². The second kappa shape index (κ2) is 6.19. The molecule has 0 spiro atoms. The quantitative estimate of drug-likeness (QED) is 0.561. The molecule has 2 rings (SSSR count). The summed E-state index contributed by atoms with van der Waals surface area (Å²) >= 11 is 0. The fourth-order valence-corrected chi connectivity index (χ4v) is 2.37. The van der Waals surface area contributed by atoms with Crippen LogP contribution in [0.5, 0.6) is 5.75 Å². The molecule has 20 heavy (non-hydrogen) atoms. The molecule has 1 saturated carbocycles. The molecule has 0 unspecified atom stereocenters. The van der Waals surface area contributed by atoms with Crippen molar-refractivity contribution in [2.24, 2.45) is 5.41 Å². The number of benzene rings is 1. The molecule has 0 heterocycles. The molecule has 6 nitrogen and oxygen atoms in total. The SMILES string of the molecule is COc1cc(CNCC2(CCO)CC2)cc([N+](=O)[O-])c1. The zero-order valence-corrected chi connectivity index (χ0v) is 11.6. The lowest BCUT2D eigenvalue weighted by Crippen LogP contribution is -2.24. The molecule has 0 saturated heterocycles. The third kappa shape index (κ3) is 3.68. The monoisotopic (exact) mass is 280 g/mol. The van der Waals surface area contributed by atoms with Crippen LogP contribution in [0.4, 0.5) is 5.69 Å². The van der Waals surface area contributed by atoms with E-state index in [4.69, 9.17) is 9.84 Å². The van der Waals surface area contributed by atoms with Crippen LogP contribution < -0.4 is 10.1 Å². The summed E-state index contributed by atoms with van der Waals surface area (Å²) in [6.45, 7) is 1.61. The number of hydrogen-bond donors (Lipinski definition) is 2.